The molecule has 4 nitrogen and oxygen atoms in total. The van der Waals surface area contributed by atoms with Gasteiger partial charge in [-0.15, -0.1) is 0 Å². The van der Waals surface area contributed by atoms with E-state index in [1.807, 2.05) is 50.2 Å². The molecule has 0 unspecified atom stereocenters. The van der Waals surface area contributed by atoms with Gasteiger partial charge >= 0.3 is 0 Å². The van der Waals surface area contributed by atoms with E-state index in [1.165, 1.54) is 0 Å². The van der Waals surface area contributed by atoms with Crippen LogP contribution in [0.4, 0.5) is 0 Å². The van der Waals surface area contributed by atoms with Gasteiger partial charge in [-0.1, -0.05) is 44.0 Å². The molecule has 2 aromatic rings. The number of benzene rings is 2. The van der Waals surface area contributed by atoms with Crippen LogP contribution in [0.15, 0.2) is 50.4 Å². The van der Waals surface area contributed by atoms with Gasteiger partial charge in [0.25, 0.3) is 0 Å². The minimum absolute atomic E-state index is 0.166. The largest absolute Gasteiger partial charge is 0.494 e. The monoisotopic (exact) mass is 452 g/mol. The van der Waals surface area contributed by atoms with E-state index in [9.17, 15) is 4.79 Å². The second kappa shape index (κ2) is 8.99. The molecular weight excluding hydrogens is 436 g/mol. The number of halogens is 2. The van der Waals surface area contributed by atoms with Crippen molar-refractivity contribution in [1.29, 1.82) is 0 Å². The van der Waals surface area contributed by atoms with E-state index in [2.05, 4.69) is 42.4 Å². The molecule has 2 aromatic carbocycles. The number of carbonyl (C=O) groups excluding carboxylic acids is 1. The SMILES string of the molecule is CCOc1ccc(CC(=O)N/N=C/c2cc(Br)c(C)c(Br)c2)cc1. The fourth-order valence-electron chi connectivity index (χ4n) is 2.01. The lowest BCUT2D eigenvalue weighted by Crippen LogP contribution is -2.19. The molecule has 0 spiro atoms. The standard InChI is InChI=1S/C18H18Br2N2O2/c1-3-24-15-6-4-13(5-7-15)10-18(23)22-21-11-14-8-16(19)12(2)17(20)9-14/h4-9,11H,3,10H2,1-2H3,(H,22,23)/b21-11+. The molecule has 0 atom stereocenters. The Bertz CT molecular complexity index is 720. The van der Waals surface area contributed by atoms with E-state index in [0.717, 1.165) is 31.4 Å². The molecule has 6 heteroatoms. The molecular formula is C18H18Br2N2O2. The van der Waals surface area contributed by atoms with Crippen LogP contribution < -0.4 is 10.2 Å². The van der Waals surface area contributed by atoms with Crippen molar-refractivity contribution in [3.05, 3.63) is 62.0 Å². The minimum atomic E-state index is -0.166. The summed E-state index contributed by atoms with van der Waals surface area (Å²) >= 11 is 6.98. The number of rotatable bonds is 6. The summed E-state index contributed by atoms with van der Waals surface area (Å²) in [6, 6.07) is 11.4. The van der Waals surface area contributed by atoms with Crippen molar-refractivity contribution in [1.82, 2.24) is 5.43 Å². The fourth-order valence-corrected chi connectivity index (χ4v) is 3.24. The molecule has 1 N–H and O–H groups in total. The fraction of sp³-hybridized carbons (Fsp3) is 0.222. The lowest BCUT2D eigenvalue weighted by molar-refractivity contribution is -0.120. The van der Waals surface area contributed by atoms with Crippen molar-refractivity contribution in [2.45, 2.75) is 20.3 Å². The third-order valence-electron chi connectivity index (χ3n) is 3.31. The Balaban J connectivity index is 1.90. The highest BCUT2D eigenvalue weighted by molar-refractivity contribution is 9.11. The van der Waals surface area contributed by atoms with Gasteiger partial charge in [-0.05, 0) is 54.8 Å². The van der Waals surface area contributed by atoms with Crippen LogP contribution >= 0.6 is 31.9 Å². The Hall–Kier alpha value is -1.66. The van der Waals surface area contributed by atoms with Crippen LogP contribution in [0.5, 0.6) is 5.75 Å². The summed E-state index contributed by atoms with van der Waals surface area (Å²) in [4.78, 5) is 11.9. The third kappa shape index (κ3) is 5.46. The summed E-state index contributed by atoms with van der Waals surface area (Å²) in [6.07, 6.45) is 1.88. The Morgan fingerprint density at radius 3 is 2.42 bits per heavy atom. The van der Waals surface area contributed by atoms with Gasteiger partial charge in [0.05, 0.1) is 19.2 Å². The molecule has 126 valence electrons. The van der Waals surface area contributed by atoms with Crippen LogP contribution in [-0.2, 0) is 11.2 Å². The van der Waals surface area contributed by atoms with Gasteiger partial charge in [0.2, 0.25) is 5.91 Å². The minimum Gasteiger partial charge on any atom is -0.494 e. The summed E-state index contributed by atoms with van der Waals surface area (Å²) in [5.74, 6) is 0.635. The van der Waals surface area contributed by atoms with Crippen LogP contribution in [0, 0.1) is 6.92 Å². The normalized spacial score (nSPS) is 10.8. The maximum atomic E-state index is 11.9. The predicted molar refractivity (Wildman–Crippen MR) is 104 cm³/mol. The highest BCUT2D eigenvalue weighted by Gasteiger charge is 2.04. The number of amides is 1. The van der Waals surface area contributed by atoms with Gasteiger partial charge in [-0.3, -0.25) is 4.79 Å². The van der Waals surface area contributed by atoms with Gasteiger partial charge in [-0.25, -0.2) is 5.43 Å². The number of nitrogens with zero attached hydrogens (tertiary/aromatic N) is 1. The number of hydrazone groups is 1. The molecule has 0 radical (unpaired) electrons. The first kappa shape index (κ1) is 18.7. The summed E-state index contributed by atoms with van der Waals surface area (Å²) in [7, 11) is 0. The Labute approximate surface area is 158 Å². The first-order chi connectivity index (χ1) is 11.5. The average Bonchev–Trinajstić information content (AvgIpc) is 2.54. The molecule has 0 aliphatic rings. The van der Waals surface area contributed by atoms with E-state index >= 15 is 0 Å². The molecule has 2 rings (SSSR count). The number of hydrogen-bond donors (Lipinski definition) is 1. The molecule has 0 saturated heterocycles. The zero-order chi connectivity index (χ0) is 17.5. The Morgan fingerprint density at radius 2 is 1.83 bits per heavy atom. The molecule has 0 heterocycles. The van der Waals surface area contributed by atoms with E-state index in [-0.39, 0.29) is 12.3 Å². The lowest BCUT2D eigenvalue weighted by atomic mass is 10.1. The first-order valence-corrected chi connectivity index (χ1v) is 9.07. The second-order valence-electron chi connectivity index (χ2n) is 5.16. The summed E-state index contributed by atoms with van der Waals surface area (Å²) in [5.41, 5.74) is 5.46. The van der Waals surface area contributed by atoms with Crippen LogP contribution in [0.3, 0.4) is 0 Å². The maximum Gasteiger partial charge on any atom is 0.244 e. The smallest absolute Gasteiger partial charge is 0.244 e. The van der Waals surface area contributed by atoms with Crippen molar-refractivity contribution in [2.24, 2.45) is 5.10 Å². The molecule has 0 aliphatic heterocycles. The third-order valence-corrected chi connectivity index (χ3v) is 4.95. The van der Waals surface area contributed by atoms with Crippen molar-refractivity contribution < 1.29 is 9.53 Å². The van der Waals surface area contributed by atoms with Crippen LogP contribution in [0.1, 0.15) is 23.6 Å². The zero-order valence-electron chi connectivity index (χ0n) is 13.5. The van der Waals surface area contributed by atoms with Crippen LogP contribution in [0.2, 0.25) is 0 Å². The number of hydrogen-bond acceptors (Lipinski definition) is 3. The van der Waals surface area contributed by atoms with Crippen LogP contribution in [0.25, 0.3) is 0 Å². The quantitative estimate of drug-likeness (QED) is 0.512. The molecule has 1 amide bonds. The van der Waals surface area contributed by atoms with E-state index in [4.69, 9.17) is 4.74 Å². The zero-order valence-corrected chi connectivity index (χ0v) is 16.6. The predicted octanol–water partition coefficient (Wildman–Crippen LogP) is 4.61. The Morgan fingerprint density at radius 1 is 1.21 bits per heavy atom. The van der Waals surface area contributed by atoms with Crippen molar-refractivity contribution in [2.75, 3.05) is 6.61 Å². The van der Waals surface area contributed by atoms with Crippen molar-refractivity contribution >= 4 is 44.0 Å². The van der Waals surface area contributed by atoms with E-state index < -0.39 is 0 Å². The van der Waals surface area contributed by atoms with Gasteiger partial charge in [0, 0.05) is 8.95 Å². The van der Waals surface area contributed by atoms with Gasteiger partial charge in [0.1, 0.15) is 5.75 Å². The summed E-state index contributed by atoms with van der Waals surface area (Å²) < 4.78 is 7.35. The molecule has 0 fully saturated rings. The number of carbonyl (C=O) groups is 1. The number of ether oxygens (including phenoxy) is 1. The molecule has 0 saturated carbocycles. The lowest BCUT2D eigenvalue weighted by Gasteiger charge is -2.05. The van der Waals surface area contributed by atoms with Gasteiger partial charge in [0.15, 0.2) is 0 Å². The topological polar surface area (TPSA) is 50.7 Å². The van der Waals surface area contributed by atoms with E-state index in [0.29, 0.717) is 6.61 Å². The number of nitrogens with one attached hydrogen (secondary N) is 1. The molecule has 0 aliphatic carbocycles. The van der Waals surface area contributed by atoms with Gasteiger partial charge < -0.3 is 4.74 Å². The summed E-state index contributed by atoms with van der Waals surface area (Å²) in [5, 5.41) is 4.01. The van der Waals surface area contributed by atoms with Gasteiger partial charge in [-0.2, -0.15) is 5.10 Å². The molecule has 0 bridgehead atoms. The van der Waals surface area contributed by atoms with Crippen molar-refractivity contribution in [3.8, 4) is 5.75 Å². The molecule has 24 heavy (non-hydrogen) atoms. The highest BCUT2D eigenvalue weighted by Crippen LogP contribution is 2.25. The maximum absolute atomic E-state index is 11.9. The average molecular weight is 454 g/mol. The summed E-state index contributed by atoms with van der Waals surface area (Å²) in [6.45, 7) is 4.57. The highest BCUT2D eigenvalue weighted by atomic mass is 79.9. The molecule has 0 aromatic heterocycles. The van der Waals surface area contributed by atoms with E-state index in [1.54, 1.807) is 6.21 Å². The first-order valence-electron chi connectivity index (χ1n) is 7.49. The Kier molecular flexibility index (Phi) is 6.99. The van der Waals surface area contributed by atoms with Crippen LogP contribution in [-0.4, -0.2) is 18.7 Å². The second-order valence-corrected chi connectivity index (χ2v) is 6.87. The van der Waals surface area contributed by atoms with Crippen molar-refractivity contribution in [3.63, 3.8) is 0 Å².